The molecule has 0 aliphatic carbocycles. The molecule has 0 fully saturated rings. The van der Waals surface area contributed by atoms with Gasteiger partial charge in [-0.2, -0.15) is 0 Å². The Bertz CT molecular complexity index is 379. The van der Waals surface area contributed by atoms with Crippen molar-refractivity contribution >= 4 is 35.0 Å². The number of carboxylic acids is 1. The van der Waals surface area contributed by atoms with Crippen LogP contribution in [0.2, 0.25) is 0 Å². The number of hydrogen-bond donors (Lipinski definition) is 2. The van der Waals surface area contributed by atoms with Gasteiger partial charge >= 0.3 is 5.97 Å². The van der Waals surface area contributed by atoms with Gasteiger partial charge in [0, 0.05) is 23.6 Å². The maximum absolute atomic E-state index is 11.5. The molecule has 1 unspecified atom stereocenters. The summed E-state index contributed by atoms with van der Waals surface area (Å²) in [5.41, 5.74) is 0. The van der Waals surface area contributed by atoms with Gasteiger partial charge in [0.05, 0.1) is 5.75 Å². The molecule has 0 aliphatic heterocycles. The van der Waals surface area contributed by atoms with Crippen LogP contribution in [0.5, 0.6) is 0 Å². The monoisotopic (exact) mass is 287 g/mol. The maximum atomic E-state index is 11.5. The normalized spacial score (nSPS) is 12.1. The van der Waals surface area contributed by atoms with Crippen LogP contribution in [0.3, 0.4) is 0 Å². The van der Waals surface area contributed by atoms with Gasteiger partial charge in [0.15, 0.2) is 0 Å². The van der Waals surface area contributed by atoms with Crippen LogP contribution in [-0.2, 0) is 15.3 Å². The van der Waals surface area contributed by atoms with Gasteiger partial charge in [-0.3, -0.25) is 9.59 Å². The lowest BCUT2D eigenvalue weighted by Gasteiger charge is -2.09. The van der Waals surface area contributed by atoms with Gasteiger partial charge in [-0.1, -0.05) is 13.0 Å². The van der Waals surface area contributed by atoms with Crippen molar-refractivity contribution in [2.75, 3.05) is 12.3 Å². The zero-order valence-electron chi connectivity index (χ0n) is 10.2. The van der Waals surface area contributed by atoms with Crippen molar-refractivity contribution in [2.45, 2.75) is 19.1 Å². The number of hydrogen-bond acceptors (Lipinski definition) is 4. The van der Waals surface area contributed by atoms with Crippen LogP contribution in [0.4, 0.5) is 0 Å². The summed E-state index contributed by atoms with van der Waals surface area (Å²) in [5.74, 6) is 0.361. The molecule has 1 atom stereocenters. The van der Waals surface area contributed by atoms with Crippen molar-refractivity contribution in [3.05, 3.63) is 22.4 Å². The van der Waals surface area contributed by atoms with E-state index in [0.29, 0.717) is 12.3 Å². The van der Waals surface area contributed by atoms with Gasteiger partial charge in [-0.05, 0) is 17.4 Å². The molecular formula is C12H17NO3S2. The van der Waals surface area contributed by atoms with Crippen LogP contribution in [-0.4, -0.2) is 29.3 Å². The molecular weight excluding hydrogens is 270 g/mol. The van der Waals surface area contributed by atoms with E-state index in [0.717, 1.165) is 5.75 Å². The topological polar surface area (TPSA) is 66.4 Å². The molecule has 18 heavy (non-hydrogen) atoms. The second-order valence-electron chi connectivity index (χ2n) is 4.08. The molecule has 0 bridgehead atoms. The number of amides is 1. The van der Waals surface area contributed by atoms with Gasteiger partial charge in [0.1, 0.15) is 0 Å². The van der Waals surface area contributed by atoms with Crippen LogP contribution in [0.1, 0.15) is 18.2 Å². The highest BCUT2D eigenvalue weighted by atomic mass is 32.2. The van der Waals surface area contributed by atoms with E-state index >= 15 is 0 Å². The number of carboxylic acid groups (broad SMARTS) is 1. The Labute approximate surface area is 115 Å². The van der Waals surface area contributed by atoms with Crippen molar-refractivity contribution in [3.8, 4) is 0 Å². The maximum Gasteiger partial charge on any atom is 0.303 e. The standard InChI is InChI=1S/C12H17NO3S2/c1-9(5-12(15)16)6-13-11(14)8-17-7-10-3-2-4-18-10/h2-4,9H,5-8H2,1H3,(H,13,14)(H,15,16). The van der Waals surface area contributed by atoms with Crippen LogP contribution in [0.15, 0.2) is 17.5 Å². The fourth-order valence-electron chi connectivity index (χ4n) is 1.35. The minimum absolute atomic E-state index is 0.0335. The molecule has 0 radical (unpaired) electrons. The zero-order chi connectivity index (χ0) is 13.4. The van der Waals surface area contributed by atoms with Gasteiger partial charge in [0.25, 0.3) is 0 Å². The van der Waals surface area contributed by atoms with E-state index < -0.39 is 5.97 Å². The van der Waals surface area contributed by atoms with Crippen LogP contribution in [0.25, 0.3) is 0 Å². The van der Waals surface area contributed by atoms with E-state index in [2.05, 4.69) is 5.32 Å². The molecule has 0 saturated heterocycles. The fraction of sp³-hybridized carbons (Fsp3) is 0.500. The van der Waals surface area contributed by atoms with Crippen molar-refractivity contribution in [1.29, 1.82) is 0 Å². The highest BCUT2D eigenvalue weighted by molar-refractivity contribution is 7.99. The molecule has 0 aromatic carbocycles. The first kappa shape index (κ1) is 15.0. The summed E-state index contributed by atoms with van der Waals surface area (Å²) in [4.78, 5) is 23.2. The van der Waals surface area contributed by atoms with Gasteiger partial charge in [-0.15, -0.1) is 23.1 Å². The minimum Gasteiger partial charge on any atom is -0.481 e. The second kappa shape index (κ2) is 8.16. The van der Waals surface area contributed by atoms with E-state index in [1.807, 2.05) is 24.4 Å². The number of carbonyl (C=O) groups is 2. The van der Waals surface area contributed by atoms with Crippen molar-refractivity contribution < 1.29 is 14.7 Å². The molecule has 0 saturated carbocycles. The predicted octanol–water partition coefficient (Wildman–Crippen LogP) is 2.21. The number of thioether (sulfide) groups is 1. The summed E-state index contributed by atoms with van der Waals surface area (Å²) >= 11 is 3.25. The largest absolute Gasteiger partial charge is 0.481 e. The summed E-state index contributed by atoms with van der Waals surface area (Å²) in [5, 5.41) is 13.3. The number of aliphatic carboxylic acids is 1. The van der Waals surface area contributed by atoms with Crippen molar-refractivity contribution in [1.82, 2.24) is 5.32 Å². The van der Waals surface area contributed by atoms with Crippen molar-refractivity contribution in [2.24, 2.45) is 5.92 Å². The number of rotatable bonds is 8. The second-order valence-corrected chi connectivity index (χ2v) is 6.10. The molecule has 100 valence electrons. The highest BCUT2D eigenvalue weighted by Crippen LogP contribution is 2.16. The Hall–Kier alpha value is -1.01. The SMILES string of the molecule is CC(CNC(=O)CSCc1cccs1)CC(=O)O. The molecule has 1 aromatic heterocycles. The fourth-order valence-corrected chi connectivity index (χ4v) is 3.05. The van der Waals surface area contributed by atoms with Gasteiger partial charge in [0.2, 0.25) is 5.91 Å². The van der Waals surface area contributed by atoms with Crippen LogP contribution < -0.4 is 5.32 Å². The first-order valence-electron chi connectivity index (χ1n) is 5.66. The molecule has 0 aliphatic rings. The Kier molecular flexibility index (Phi) is 6.82. The zero-order valence-corrected chi connectivity index (χ0v) is 11.9. The molecule has 1 aromatic rings. The summed E-state index contributed by atoms with van der Waals surface area (Å²) in [7, 11) is 0. The molecule has 1 rings (SSSR count). The van der Waals surface area contributed by atoms with Crippen LogP contribution >= 0.6 is 23.1 Å². The van der Waals surface area contributed by atoms with E-state index in [-0.39, 0.29) is 18.2 Å². The van der Waals surface area contributed by atoms with E-state index in [9.17, 15) is 9.59 Å². The lowest BCUT2D eigenvalue weighted by Crippen LogP contribution is -2.30. The van der Waals surface area contributed by atoms with E-state index in [1.54, 1.807) is 23.1 Å². The van der Waals surface area contributed by atoms with Gasteiger partial charge in [-0.25, -0.2) is 0 Å². The minimum atomic E-state index is -0.830. The number of thiophene rings is 1. The van der Waals surface area contributed by atoms with Gasteiger partial charge < -0.3 is 10.4 Å². The molecule has 2 N–H and O–H groups in total. The molecule has 4 nitrogen and oxygen atoms in total. The predicted molar refractivity (Wildman–Crippen MR) is 74.9 cm³/mol. The first-order valence-corrected chi connectivity index (χ1v) is 7.70. The third-order valence-corrected chi connectivity index (χ3v) is 4.27. The summed E-state index contributed by atoms with van der Waals surface area (Å²) in [6.07, 6.45) is 0.0859. The Morgan fingerprint density at radius 1 is 1.56 bits per heavy atom. The van der Waals surface area contributed by atoms with Crippen LogP contribution in [0, 0.1) is 5.92 Å². The Balaban J connectivity index is 2.08. The lowest BCUT2D eigenvalue weighted by atomic mass is 10.1. The quantitative estimate of drug-likeness (QED) is 0.769. The Morgan fingerprint density at radius 3 is 2.94 bits per heavy atom. The third kappa shape index (κ3) is 6.66. The Morgan fingerprint density at radius 2 is 2.33 bits per heavy atom. The summed E-state index contributed by atoms with van der Waals surface area (Å²) in [6.45, 7) is 2.23. The van der Waals surface area contributed by atoms with E-state index in [1.165, 1.54) is 4.88 Å². The molecule has 1 heterocycles. The molecule has 0 spiro atoms. The molecule has 1 amide bonds. The smallest absolute Gasteiger partial charge is 0.303 e. The lowest BCUT2D eigenvalue weighted by molar-refractivity contribution is -0.138. The average molecular weight is 287 g/mol. The molecule has 6 heteroatoms. The number of carbonyl (C=O) groups excluding carboxylic acids is 1. The third-order valence-electron chi connectivity index (χ3n) is 2.23. The van der Waals surface area contributed by atoms with Crippen molar-refractivity contribution in [3.63, 3.8) is 0 Å². The highest BCUT2D eigenvalue weighted by Gasteiger charge is 2.09. The average Bonchev–Trinajstić information content (AvgIpc) is 2.78. The van der Waals surface area contributed by atoms with E-state index in [4.69, 9.17) is 5.11 Å². The summed E-state index contributed by atoms with van der Waals surface area (Å²) in [6, 6.07) is 4.04. The number of nitrogens with one attached hydrogen (secondary N) is 1. The summed E-state index contributed by atoms with van der Waals surface area (Å²) < 4.78 is 0. The first-order chi connectivity index (χ1) is 8.58.